The second-order valence-electron chi connectivity index (χ2n) is 9.59. The van der Waals surface area contributed by atoms with Crippen molar-refractivity contribution in [3.63, 3.8) is 0 Å². The van der Waals surface area contributed by atoms with Crippen molar-refractivity contribution in [2.75, 3.05) is 0 Å². The molecule has 0 radical (unpaired) electrons. The molecule has 2 heterocycles. The van der Waals surface area contributed by atoms with Gasteiger partial charge in [0.1, 0.15) is 0 Å². The normalized spacial score (nSPS) is 20.8. The SMILES string of the molecule is C[C@H]1[C@@H](NC(=O)[C@@H](C)Sc2nnc(-c3cc(-c4ccc(Cl)cc4)nc4ccccc34)o2)CCC[C@@H]1C. The van der Waals surface area contributed by atoms with Crippen LogP contribution in [0.5, 0.6) is 0 Å². The molecule has 1 saturated carbocycles. The molecule has 4 aromatic rings. The molecular weight excluding hydrogens is 492 g/mol. The number of fused-ring (bicyclic) bond motifs is 1. The topological polar surface area (TPSA) is 80.9 Å². The number of carbonyl (C=O) groups is 1. The van der Waals surface area contributed by atoms with E-state index in [-0.39, 0.29) is 17.2 Å². The van der Waals surface area contributed by atoms with E-state index in [0.29, 0.717) is 28.0 Å². The Morgan fingerprint density at radius 1 is 1.11 bits per heavy atom. The number of rotatable bonds is 6. The first-order valence-corrected chi connectivity index (χ1v) is 13.6. The molecular formula is C28H29ClN4O2S. The standard InChI is InChI=1S/C28H29ClN4O2S/c1-16-7-6-10-23(17(16)2)31-26(34)18(3)36-28-33-32-27(35-28)22-15-25(19-11-13-20(29)14-12-19)30-24-9-5-4-8-21(22)24/h4-5,8-9,11-18,23H,6-7,10H2,1-3H3,(H,31,34)/t16-,17+,18+,23-/m0/s1. The summed E-state index contributed by atoms with van der Waals surface area (Å²) in [5.41, 5.74) is 3.36. The van der Waals surface area contributed by atoms with Gasteiger partial charge in [-0.15, -0.1) is 10.2 Å². The Hall–Kier alpha value is -2.90. The van der Waals surface area contributed by atoms with Crippen molar-refractivity contribution in [3.05, 3.63) is 59.6 Å². The van der Waals surface area contributed by atoms with Gasteiger partial charge in [0.05, 0.1) is 22.0 Å². The predicted octanol–water partition coefficient (Wildman–Crippen LogP) is 7.03. The smallest absolute Gasteiger partial charge is 0.277 e. The summed E-state index contributed by atoms with van der Waals surface area (Å²) in [7, 11) is 0. The van der Waals surface area contributed by atoms with Gasteiger partial charge in [0.25, 0.3) is 5.22 Å². The summed E-state index contributed by atoms with van der Waals surface area (Å²) in [5.74, 6) is 1.50. The van der Waals surface area contributed by atoms with E-state index in [0.717, 1.165) is 40.6 Å². The van der Waals surface area contributed by atoms with Crippen LogP contribution in [0, 0.1) is 11.8 Å². The molecule has 2 aromatic carbocycles. The number of thioether (sulfide) groups is 1. The molecule has 0 bridgehead atoms. The third-order valence-corrected chi connectivity index (χ3v) is 8.36. The lowest BCUT2D eigenvalue weighted by Crippen LogP contribution is -2.46. The van der Waals surface area contributed by atoms with Crippen LogP contribution in [0.2, 0.25) is 5.02 Å². The van der Waals surface area contributed by atoms with E-state index in [1.165, 1.54) is 18.2 Å². The molecule has 0 saturated heterocycles. The monoisotopic (exact) mass is 520 g/mol. The van der Waals surface area contributed by atoms with Gasteiger partial charge in [-0.2, -0.15) is 0 Å². The number of aromatic nitrogens is 3. The molecule has 8 heteroatoms. The molecule has 0 unspecified atom stereocenters. The first-order chi connectivity index (χ1) is 17.4. The highest BCUT2D eigenvalue weighted by Crippen LogP contribution is 2.34. The van der Waals surface area contributed by atoms with Crippen LogP contribution in [0.4, 0.5) is 0 Å². The number of nitrogens with one attached hydrogen (secondary N) is 1. The van der Waals surface area contributed by atoms with E-state index >= 15 is 0 Å². The lowest BCUT2D eigenvalue weighted by Gasteiger charge is -2.35. The summed E-state index contributed by atoms with van der Waals surface area (Å²) in [5, 5.41) is 13.4. The van der Waals surface area contributed by atoms with Crippen molar-refractivity contribution >= 4 is 40.2 Å². The lowest BCUT2D eigenvalue weighted by molar-refractivity contribution is -0.121. The average Bonchev–Trinajstić information content (AvgIpc) is 3.34. The number of para-hydroxylation sites is 1. The number of benzene rings is 2. The Morgan fingerprint density at radius 2 is 1.89 bits per heavy atom. The van der Waals surface area contributed by atoms with Crippen molar-refractivity contribution in [2.24, 2.45) is 11.8 Å². The Bertz CT molecular complexity index is 1370. The third kappa shape index (κ3) is 5.27. The molecule has 1 fully saturated rings. The molecule has 4 atom stereocenters. The van der Waals surface area contributed by atoms with Crippen molar-refractivity contribution < 1.29 is 9.21 Å². The van der Waals surface area contributed by atoms with Gasteiger partial charge in [0.2, 0.25) is 11.8 Å². The van der Waals surface area contributed by atoms with Crippen molar-refractivity contribution in [2.45, 2.75) is 56.5 Å². The van der Waals surface area contributed by atoms with Gasteiger partial charge in [0, 0.05) is 22.0 Å². The van der Waals surface area contributed by atoms with Crippen molar-refractivity contribution in [1.82, 2.24) is 20.5 Å². The van der Waals surface area contributed by atoms with Crippen LogP contribution in [-0.2, 0) is 4.79 Å². The highest BCUT2D eigenvalue weighted by molar-refractivity contribution is 8.00. The van der Waals surface area contributed by atoms with Crippen LogP contribution in [0.15, 0.2) is 64.2 Å². The van der Waals surface area contributed by atoms with Crippen LogP contribution >= 0.6 is 23.4 Å². The Labute approximate surface area is 220 Å². The van der Waals surface area contributed by atoms with Gasteiger partial charge in [-0.1, -0.05) is 80.4 Å². The molecule has 1 aliphatic carbocycles. The van der Waals surface area contributed by atoms with Crippen LogP contribution in [0.1, 0.15) is 40.0 Å². The van der Waals surface area contributed by atoms with E-state index < -0.39 is 0 Å². The van der Waals surface area contributed by atoms with Gasteiger partial charge >= 0.3 is 0 Å². The fourth-order valence-electron chi connectivity index (χ4n) is 4.78. The molecule has 1 N–H and O–H groups in total. The Morgan fingerprint density at radius 3 is 2.69 bits per heavy atom. The molecule has 0 spiro atoms. The summed E-state index contributed by atoms with van der Waals surface area (Å²) in [6.45, 7) is 6.37. The Balaban J connectivity index is 1.37. The van der Waals surface area contributed by atoms with Crippen LogP contribution in [-0.4, -0.2) is 32.4 Å². The zero-order chi connectivity index (χ0) is 25.2. The molecule has 1 aliphatic rings. The number of halogens is 1. The maximum Gasteiger partial charge on any atom is 0.277 e. The number of pyridine rings is 1. The molecule has 6 nitrogen and oxygen atoms in total. The van der Waals surface area contributed by atoms with Crippen LogP contribution < -0.4 is 5.32 Å². The summed E-state index contributed by atoms with van der Waals surface area (Å²) < 4.78 is 6.05. The molecule has 2 aromatic heterocycles. The second-order valence-corrected chi connectivity index (χ2v) is 11.3. The molecule has 1 amide bonds. The minimum Gasteiger partial charge on any atom is -0.411 e. The fourth-order valence-corrected chi connectivity index (χ4v) is 5.60. The number of hydrogen-bond donors (Lipinski definition) is 1. The third-order valence-electron chi connectivity index (χ3n) is 7.17. The molecule has 186 valence electrons. The lowest BCUT2D eigenvalue weighted by atomic mass is 9.78. The first-order valence-electron chi connectivity index (χ1n) is 12.4. The summed E-state index contributed by atoms with van der Waals surface area (Å²) in [6.07, 6.45) is 3.42. The average molecular weight is 521 g/mol. The molecule has 5 rings (SSSR count). The van der Waals surface area contributed by atoms with Gasteiger partial charge < -0.3 is 9.73 Å². The summed E-state index contributed by atoms with van der Waals surface area (Å²) in [6, 6.07) is 17.6. The maximum absolute atomic E-state index is 12.9. The van der Waals surface area contributed by atoms with E-state index in [4.69, 9.17) is 21.0 Å². The predicted molar refractivity (Wildman–Crippen MR) is 145 cm³/mol. The number of carbonyl (C=O) groups excluding carboxylic acids is 1. The Kier molecular flexibility index (Phi) is 7.30. The zero-order valence-electron chi connectivity index (χ0n) is 20.6. The van der Waals surface area contributed by atoms with E-state index in [1.807, 2.05) is 61.5 Å². The second kappa shape index (κ2) is 10.6. The van der Waals surface area contributed by atoms with Gasteiger partial charge in [-0.25, -0.2) is 4.98 Å². The number of amides is 1. The fraction of sp³-hybridized carbons (Fsp3) is 0.357. The number of nitrogens with zero attached hydrogens (tertiary/aromatic N) is 3. The van der Waals surface area contributed by atoms with Crippen LogP contribution in [0.25, 0.3) is 33.6 Å². The summed E-state index contributed by atoms with van der Waals surface area (Å²) >= 11 is 7.35. The highest BCUT2D eigenvalue weighted by atomic mass is 35.5. The van der Waals surface area contributed by atoms with Crippen molar-refractivity contribution in [3.8, 4) is 22.7 Å². The quantitative estimate of drug-likeness (QED) is 0.275. The zero-order valence-corrected chi connectivity index (χ0v) is 22.1. The molecule has 36 heavy (non-hydrogen) atoms. The number of hydrogen-bond acceptors (Lipinski definition) is 6. The largest absolute Gasteiger partial charge is 0.411 e. The van der Waals surface area contributed by atoms with E-state index in [1.54, 1.807) is 0 Å². The van der Waals surface area contributed by atoms with Gasteiger partial charge in [-0.3, -0.25) is 4.79 Å². The first kappa shape index (κ1) is 24.8. The van der Waals surface area contributed by atoms with E-state index in [2.05, 4.69) is 29.4 Å². The highest BCUT2D eigenvalue weighted by Gasteiger charge is 2.30. The van der Waals surface area contributed by atoms with Gasteiger partial charge in [-0.05, 0) is 49.4 Å². The minimum atomic E-state index is -0.346. The van der Waals surface area contributed by atoms with Gasteiger partial charge in [0.15, 0.2) is 0 Å². The molecule has 0 aliphatic heterocycles. The van der Waals surface area contributed by atoms with Crippen molar-refractivity contribution in [1.29, 1.82) is 0 Å². The minimum absolute atomic E-state index is 0.00471. The summed E-state index contributed by atoms with van der Waals surface area (Å²) in [4.78, 5) is 17.7. The maximum atomic E-state index is 12.9. The van der Waals surface area contributed by atoms with E-state index in [9.17, 15) is 4.79 Å². The van der Waals surface area contributed by atoms with Crippen LogP contribution in [0.3, 0.4) is 0 Å².